The van der Waals surface area contributed by atoms with Gasteiger partial charge in [0.25, 0.3) is 0 Å². The molecule has 0 saturated heterocycles. The molecule has 5 nitrogen and oxygen atoms in total. The first kappa shape index (κ1) is 20.6. The predicted molar refractivity (Wildman–Crippen MR) is 119 cm³/mol. The number of carbonyl (C=O) groups excluding carboxylic acids is 1. The van der Waals surface area contributed by atoms with E-state index in [9.17, 15) is 4.79 Å². The minimum absolute atomic E-state index is 0. The van der Waals surface area contributed by atoms with E-state index in [1.165, 1.54) is 5.56 Å². The molecule has 2 aromatic carbocycles. The van der Waals surface area contributed by atoms with Gasteiger partial charge in [0, 0.05) is 19.0 Å². The Kier molecular flexibility index (Phi) is 6.98. The molecule has 0 bridgehead atoms. The Hall–Kier alpha value is -3.18. The first-order valence-corrected chi connectivity index (χ1v) is 9.49. The summed E-state index contributed by atoms with van der Waals surface area (Å²) < 4.78 is 0. The molecule has 1 aliphatic rings. The number of nitrogens with one attached hydrogen (secondary N) is 1. The highest BCUT2D eigenvalue weighted by molar-refractivity contribution is 6.02. The smallest absolute Gasteiger partial charge is 0.247 e. The number of benzene rings is 2. The number of pyridine rings is 1. The molecular weight excluding hydrogens is 384 g/mol. The van der Waals surface area contributed by atoms with Crippen LogP contribution in [0.25, 0.3) is 0 Å². The minimum atomic E-state index is -0.0177. The standard InChI is InChI=1S/C23H22N4O.ClH/c28-22(16-14-19-10-5-2-6-11-19)27-23-20(12-7-17-24-23)25-21(26-27)15-13-18-8-3-1-4-9-18;/h1-12,17H,13-16H2,(H,25,26);1H. The quantitative estimate of drug-likeness (QED) is 0.648. The number of hydrazine groups is 1. The molecule has 4 rings (SSSR count). The summed E-state index contributed by atoms with van der Waals surface area (Å²) in [7, 11) is 0. The second kappa shape index (κ2) is 9.85. The molecule has 0 fully saturated rings. The lowest BCUT2D eigenvalue weighted by Gasteiger charge is -2.29. The number of aromatic nitrogens is 1. The molecule has 1 N–H and O–H groups in total. The van der Waals surface area contributed by atoms with Crippen LogP contribution in [0.3, 0.4) is 0 Å². The number of nitrogens with zero attached hydrogens (tertiary/aromatic N) is 3. The molecule has 1 aliphatic heterocycles. The van der Waals surface area contributed by atoms with Crippen LogP contribution in [-0.2, 0) is 17.6 Å². The normalized spacial score (nSPS) is 12.3. The van der Waals surface area contributed by atoms with Gasteiger partial charge >= 0.3 is 0 Å². The van der Waals surface area contributed by atoms with Gasteiger partial charge in [0.1, 0.15) is 11.5 Å². The zero-order chi connectivity index (χ0) is 19.2. The number of carbonyl (C=O) groups is 1. The second-order valence-electron chi connectivity index (χ2n) is 6.72. The highest BCUT2D eigenvalue weighted by atomic mass is 35.5. The van der Waals surface area contributed by atoms with E-state index in [0.717, 1.165) is 29.9 Å². The Morgan fingerprint density at radius 2 is 1.48 bits per heavy atom. The maximum atomic E-state index is 12.9. The van der Waals surface area contributed by atoms with Gasteiger partial charge in [0.15, 0.2) is 5.82 Å². The van der Waals surface area contributed by atoms with Crippen molar-refractivity contribution in [2.24, 2.45) is 4.99 Å². The van der Waals surface area contributed by atoms with E-state index < -0.39 is 0 Å². The molecule has 2 heterocycles. The van der Waals surface area contributed by atoms with Crippen molar-refractivity contribution in [3.05, 3.63) is 90.1 Å². The number of fused-ring (bicyclic) bond motifs is 1. The molecular formula is C23H23ClN4O. The Labute approximate surface area is 176 Å². The summed E-state index contributed by atoms with van der Waals surface area (Å²) in [5, 5.41) is 1.55. The fraction of sp³-hybridized carbons (Fsp3) is 0.174. The summed E-state index contributed by atoms with van der Waals surface area (Å²) in [6, 6.07) is 24.0. The average Bonchev–Trinajstić information content (AvgIpc) is 2.77. The molecule has 3 aromatic rings. The average molecular weight is 407 g/mol. The van der Waals surface area contributed by atoms with Crippen LogP contribution in [0.5, 0.6) is 0 Å². The van der Waals surface area contributed by atoms with E-state index in [2.05, 4.69) is 27.5 Å². The van der Waals surface area contributed by atoms with Crippen LogP contribution in [0.15, 0.2) is 84.0 Å². The minimum Gasteiger partial charge on any atom is -0.277 e. The van der Waals surface area contributed by atoms with Gasteiger partial charge in [0.2, 0.25) is 5.91 Å². The van der Waals surface area contributed by atoms with Crippen LogP contribution in [0.1, 0.15) is 24.0 Å². The number of halogens is 1. The fourth-order valence-electron chi connectivity index (χ4n) is 3.21. The number of rotatable bonds is 6. The summed E-state index contributed by atoms with van der Waals surface area (Å²) in [6.07, 6.45) is 4.35. The lowest BCUT2D eigenvalue weighted by atomic mass is 10.1. The van der Waals surface area contributed by atoms with E-state index in [1.807, 2.05) is 60.7 Å². The Balaban J connectivity index is 0.00000240. The van der Waals surface area contributed by atoms with Gasteiger partial charge in [-0.25, -0.2) is 15.0 Å². The zero-order valence-electron chi connectivity index (χ0n) is 16.0. The molecule has 0 radical (unpaired) electrons. The third-order valence-electron chi connectivity index (χ3n) is 4.69. The van der Waals surface area contributed by atoms with Gasteiger partial charge in [-0.15, -0.1) is 12.4 Å². The number of aliphatic imine (C=N–C) groups is 1. The molecule has 0 spiro atoms. The number of aryl methyl sites for hydroxylation is 2. The van der Waals surface area contributed by atoms with E-state index in [0.29, 0.717) is 18.7 Å². The summed E-state index contributed by atoms with van der Waals surface area (Å²) in [4.78, 5) is 21.9. The fourth-order valence-corrected chi connectivity index (χ4v) is 3.21. The van der Waals surface area contributed by atoms with E-state index in [1.54, 1.807) is 11.2 Å². The molecule has 0 atom stereocenters. The number of amides is 1. The molecule has 6 heteroatoms. The molecule has 148 valence electrons. The summed E-state index contributed by atoms with van der Waals surface area (Å²) in [5.41, 5.74) is 6.29. The van der Waals surface area contributed by atoms with Crippen LogP contribution >= 0.6 is 12.4 Å². The number of hydrogen-bond donors (Lipinski definition) is 1. The topological polar surface area (TPSA) is 57.6 Å². The van der Waals surface area contributed by atoms with E-state index >= 15 is 0 Å². The molecule has 1 amide bonds. The zero-order valence-corrected chi connectivity index (χ0v) is 16.8. The lowest BCUT2D eigenvalue weighted by molar-refractivity contribution is -0.119. The molecule has 29 heavy (non-hydrogen) atoms. The Morgan fingerprint density at radius 3 is 2.17 bits per heavy atom. The molecule has 0 aliphatic carbocycles. The highest BCUT2D eigenvalue weighted by Crippen LogP contribution is 2.29. The third kappa shape index (κ3) is 5.21. The van der Waals surface area contributed by atoms with E-state index in [4.69, 9.17) is 0 Å². The van der Waals surface area contributed by atoms with Crippen LogP contribution in [-0.4, -0.2) is 16.7 Å². The SMILES string of the molecule is Cl.O=C(CCc1ccccc1)N1NC(CCc2ccccc2)=Nc2cccnc21. The van der Waals surface area contributed by atoms with Crippen molar-refractivity contribution in [2.75, 3.05) is 5.01 Å². The van der Waals surface area contributed by atoms with Gasteiger partial charge in [-0.3, -0.25) is 10.2 Å². The number of anilines is 1. The third-order valence-corrected chi connectivity index (χ3v) is 4.69. The van der Waals surface area contributed by atoms with Gasteiger partial charge < -0.3 is 0 Å². The first-order chi connectivity index (χ1) is 13.8. The monoisotopic (exact) mass is 406 g/mol. The van der Waals surface area contributed by atoms with Gasteiger partial charge in [-0.2, -0.15) is 0 Å². The van der Waals surface area contributed by atoms with Crippen LogP contribution in [0.2, 0.25) is 0 Å². The van der Waals surface area contributed by atoms with Crippen molar-refractivity contribution in [1.29, 1.82) is 0 Å². The summed E-state index contributed by atoms with van der Waals surface area (Å²) >= 11 is 0. The molecule has 0 saturated carbocycles. The van der Waals surface area contributed by atoms with Crippen molar-refractivity contribution in [3.63, 3.8) is 0 Å². The summed E-state index contributed by atoms with van der Waals surface area (Å²) in [5.74, 6) is 1.32. The van der Waals surface area contributed by atoms with Gasteiger partial charge in [-0.05, 0) is 36.1 Å². The van der Waals surface area contributed by atoms with Crippen LogP contribution < -0.4 is 10.4 Å². The van der Waals surface area contributed by atoms with E-state index in [-0.39, 0.29) is 18.3 Å². The maximum Gasteiger partial charge on any atom is 0.247 e. The molecule has 1 aromatic heterocycles. The highest BCUT2D eigenvalue weighted by Gasteiger charge is 2.25. The number of amidine groups is 1. The molecule has 0 unspecified atom stereocenters. The van der Waals surface area contributed by atoms with Crippen LogP contribution in [0, 0.1) is 0 Å². The Morgan fingerprint density at radius 1 is 0.828 bits per heavy atom. The maximum absolute atomic E-state index is 12.9. The number of hydrogen-bond acceptors (Lipinski definition) is 4. The van der Waals surface area contributed by atoms with Gasteiger partial charge in [0.05, 0.1) is 0 Å². The van der Waals surface area contributed by atoms with Crippen molar-refractivity contribution in [2.45, 2.75) is 25.7 Å². The van der Waals surface area contributed by atoms with Crippen molar-refractivity contribution >= 4 is 35.7 Å². The van der Waals surface area contributed by atoms with Crippen LogP contribution in [0.4, 0.5) is 11.5 Å². The van der Waals surface area contributed by atoms with Crippen molar-refractivity contribution < 1.29 is 4.79 Å². The first-order valence-electron chi connectivity index (χ1n) is 9.49. The summed E-state index contributed by atoms with van der Waals surface area (Å²) in [6.45, 7) is 0. The lowest BCUT2D eigenvalue weighted by Crippen LogP contribution is -2.49. The largest absolute Gasteiger partial charge is 0.277 e. The van der Waals surface area contributed by atoms with Crippen molar-refractivity contribution in [1.82, 2.24) is 10.4 Å². The van der Waals surface area contributed by atoms with Crippen molar-refractivity contribution in [3.8, 4) is 0 Å². The second-order valence-corrected chi connectivity index (χ2v) is 6.72. The van der Waals surface area contributed by atoms with Gasteiger partial charge in [-0.1, -0.05) is 60.7 Å². The Bertz CT molecular complexity index is 976. The predicted octanol–water partition coefficient (Wildman–Crippen LogP) is 4.65.